The van der Waals surface area contributed by atoms with Gasteiger partial charge in [-0.3, -0.25) is 4.79 Å². The number of benzene rings is 2. The third-order valence-corrected chi connectivity index (χ3v) is 4.10. The van der Waals surface area contributed by atoms with E-state index in [-0.39, 0.29) is 12.1 Å². The van der Waals surface area contributed by atoms with Crippen LogP contribution < -0.4 is 14.8 Å². The van der Waals surface area contributed by atoms with Gasteiger partial charge >= 0.3 is 0 Å². The van der Waals surface area contributed by atoms with Gasteiger partial charge in [0.25, 0.3) is 5.91 Å². The molecule has 1 aromatic heterocycles. The number of ether oxygens (including phenoxy) is 2. The molecule has 0 radical (unpaired) electrons. The molecule has 1 amide bonds. The van der Waals surface area contributed by atoms with Crippen molar-refractivity contribution in [3.8, 4) is 17.6 Å². The molecule has 0 saturated carbocycles. The molecule has 1 heterocycles. The van der Waals surface area contributed by atoms with Gasteiger partial charge in [-0.15, -0.1) is 0 Å². The first kappa shape index (κ1) is 19.8. The second-order valence-electron chi connectivity index (χ2n) is 6.12. The molecule has 0 atom stereocenters. The number of hydrogen-bond acceptors (Lipinski definition) is 5. The summed E-state index contributed by atoms with van der Waals surface area (Å²) < 4.78 is 16.4. The Morgan fingerprint density at radius 2 is 1.97 bits per heavy atom. The van der Waals surface area contributed by atoms with Crippen LogP contribution in [0.15, 0.2) is 76.9 Å². The molecule has 6 heteroatoms. The van der Waals surface area contributed by atoms with Crippen LogP contribution in [0, 0.1) is 11.3 Å². The minimum Gasteiger partial charge on any atom is -0.493 e. The fourth-order valence-corrected chi connectivity index (χ4v) is 2.62. The summed E-state index contributed by atoms with van der Waals surface area (Å²) in [6, 6.07) is 20.4. The van der Waals surface area contributed by atoms with Crippen LogP contribution in [0.5, 0.6) is 11.5 Å². The van der Waals surface area contributed by atoms with Crippen molar-refractivity contribution in [3.63, 3.8) is 0 Å². The number of amides is 1. The summed E-state index contributed by atoms with van der Waals surface area (Å²) in [6.07, 6.45) is 3.03. The number of furan rings is 1. The molecule has 1 N–H and O–H groups in total. The largest absolute Gasteiger partial charge is 0.493 e. The molecule has 0 bridgehead atoms. The molecule has 0 spiro atoms. The lowest BCUT2D eigenvalue weighted by atomic mass is 10.1. The van der Waals surface area contributed by atoms with Gasteiger partial charge in [0, 0.05) is 0 Å². The van der Waals surface area contributed by atoms with E-state index in [1.54, 1.807) is 37.4 Å². The third kappa shape index (κ3) is 5.50. The average molecular weight is 388 g/mol. The zero-order valence-electron chi connectivity index (χ0n) is 15.9. The number of nitrogens with one attached hydrogen (secondary N) is 1. The van der Waals surface area contributed by atoms with Crippen molar-refractivity contribution in [1.29, 1.82) is 5.26 Å². The molecule has 0 aliphatic heterocycles. The van der Waals surface area contributed by atoms with Crippen LogP contribution >= 0.6 is 0 Å². The predicted molar refractivity (Wildman–Crippen MR) is 108 cm³/mol. The van der Waals surface area contributed by atoms with Crippen molar-refractivity contribution in [1.82, 2.24) is 5.32 Å². The van der Waals surface area contributed by atoms with Crippen LogP contribution in [0.4, 0.5) is 0 Å². The first-order valence-electron chi connectivity index (χ1n) is 8.96. The fraction of sp³-hybridized carbons (Fsp3) is 0.130. The van der Waals surface area contributed by atoms with Crippen LogP contribution in [-0.2, 0) is 17.9 Å². The van der Waals surface area contributed by atoms with Gasteiger partial charge in [-0.2, -0.15) is 5.26 Å². The Kier molecular flexibility index (Phi) is 6.69. The number of carbonyl (C=O) groups excluding carboxylic acids is 1. The van der Waals surface area contributed by atoms with E-state index < -0.39 is 5.91 Å². The zero-order valence-corrected chi connectivity index (χ0v) is 15.9. The SMILES string of the molecule is COc1ccc(/C=C(\C#N)C(=O)NCc2ccco2)cc1OCc1ccccc1. The normalized spacial score (nSPS) is 10.8. The van der Waals surface area contributed by atoms with E-state index in [1.807, 2.05) is 36.4 Å². The lowest BCUT2D eigenvalue weighted by molar-refractivity contribution is -0.117. The zero-order chi connectivity index (χ0) is 20.5. The highest BCUT2D eigenvalue weighted by molar-refractivity contribution is 6.01. The first-order valence-corrected chi connectivity index (χ1v) is 8.96. The highest BCUT2D eigenvalue weighted by Crippen LogP contribution is 2.29. The van der Waals surface area contributed by atoms with E-state index >= 15 is 0 Å². The highest BCUT2D eigenvalue weighted by Gasteiger charge is 2.11. The van der Waals surface area contributed by atoms with Crippen molar-refractivity contribution in [2.24, 2.45) is 0 Å². The first-order chi connectivity index (χ1) is 14.2. The van der Waals surface area contributed by atoms with Crippen molar-refractivity contribution >= 4 is 12.0 Å². The topological polar surface area (TPSA) is 84.5 Å². The van der Waals surface area contributed by atoms with E-state index in [0.717, 1.165) is 5.56 Å². The van der Waals surface area contributed by atoms with Crippen LogP contribution in [0.3, 0.4) is 0 Å². The smallest absolute Gasteiger partial charge is 0.262 e. The van der Waals surface area contributed by atoms with Gasteiger partial charge in [-0.05, 0) is 41.5 Å². The maximum absolute atomic E-state index is 12.3. The highest BCUT2D eigenvalue weighted by atomic mass is 16.5. The molecule has 0 unspecified atom stereocenters. The summed E-state index contributed by atoms with van der Waals surface area (Å²) in [7, 11) is 1.56. The van der Waals surface area contributed by atoms with Gasteiger partial charge in [-0.1, -0.05) is 36.4 Å². The fourth-order valence-electron chi connectivity index (χ4n) is 2.62. The summed E-state index contributed by atoms with van der Waals surface area (Å²) in [5.41, 5.74) is 1.65. The molecule has 6 nitrogen and oxygen atoms in total. The molecule has 0 fully saturated rings. The third-order valence-electron chi connectivity index (χ3n) is 4.10. The maximum Gasteiger partial charge on any atom is 0.262 e. The lowest BCUT2D eigenvalue weighted by Crippen LogP contribution is -2.23. The number of methoxy groups -OCH3 is 1. The Bertz CT molecular complexity index is 1020. The Morgan fingerprint density at radius 3 is 2.66 bits per heavy atom. The minimum atomic E-state index is -0.480. The van der Waals surface area contributed by atoms with E-state index in [2.05, 4.69) is 5.32 Å². The Labute approximate surface area is 169 Å². The van der Waals surface area contributed by atoms with Crippen LogP contribution in [0.2, 0.25) is 0 Å². The van der Waals surface area contributed by atoms with Crippen LogP contribution in [0.1, 0.15) is 16.9 Å². The van der Waals surface area contributed by atoms with Crippen molar-refractivity contribution < 1.29 is 18.7 Å². The quantitative estimate of drug-likeness (QED) is 0.464. The minimum absolute atomic E-state index is 0.0178. The molecule has 0 aliphatic carbocycles. The number of rotatable bonds is 8. The number of hydrogen-bond donors (Lipinski definition) is 1. The summed E-state index contributed by atoms with van der Waals surface area (Å²) >= 11 is 0. The Morgan fingerprint density at radius 1 is 1.14 bits per heavy atom. The summed E-state index contributed by atoms with van der Waals surface area (Å²) in [6.45, 7) is 0.581. The number of nitrogens with zero attached hydrogens (tertiary/aromatic N) is 1. The molecule has 0 aliphatic rings. The monoisotopic (exact) mass is 388 g/mol. The maximum atomic E-state index is 12.3. The van der Waals surface area contributed by atoms with Crippen molar-refractivity contribution in [3.05, 3.63) is 89.4 Å². The van der Waals surface area contributed by atoms with Crippen molar-refractivity contribution in [2.45, 2.75) is 13.2 Å². The van der Waals surface area contributed by atoms with E-state index in [1.165, 1.54) is 12.3 Å². The van der Waals surface area contributed by atoms with Crippen LogP contribution in [-0.4, -0.2) is 13.0 Å². The van der Waals surface area contributed by atoms with Crippen LogP contribution in [0.25, 0.3) is 6.08 Å². The molecule has 3 aromatic rings. The Hall–Kier alpha value is -3.98. The van der Waals surface area contributed by atoms with Gasteiger partial charge in [0.05, 0.1) is 19.9 Å². The summed E-state index contributed by atoms with van der Waals surface area (Å²) in [5, 5.41) is 12.0. The molecule has 0 saturated heterocycles. The number of nitriles is 1. The molecular formula is C23H20N2O4. The molecule has 146 valence electrons. The van der Waals surface area contributed by atoms with Gasteiger partial charge in [0.1, 0.15) is 24.0 Å². The van der Waals surface area contributed by atoms with E-state index in [4.69, 9.17) is 13.9 Å². The van der Waals surface area contributed by atoms with Crippen molar-refractivity contribution in [2.75, 3.05) is 7.11 Å². The van der Waals surface area contributed by atoms with E-state index in [9.17, 15) is 10.1 Å². The van der Waals surface area contributed by atoms with E-state index in [0.29, 0.717) is 29.4 Å². The van der Waals surface area contributed by atoms with Gasteiger partial charge in [0.2, 0.25) is 0 Å². The van der Waals surface area contributed by atoms with Gasteiger partial charge in [0.15, 0.2) is 11.5 Å². The second kappa shape index (κ2) is 9.81. The molecule has 3 rings (SSSR count). The predicted octanol–water partition coefficient (Wildman–Crippen LogP) is 4.09. The molecular weight excluding hydrogens is 368 g/mol. The number of carbonyl (C=O) groups is 1. The Balaban J connectivity index is 1.74. The lowest BCUT2D eigenvalue weighted by Gasteiger charge is -2.12. The standard InChI is InChI=1S/C23H20N2O4/c1-27-21-10-9-18(13-22(21)29-16-17-6-3-2-4-7-17)12-19(14-24)23(26)25-15-20-8-5-11-28-20/h2-13H,15-16H2,1H3,(H,25,26)/b19-12+. The summed E-state index contributed by atoms with van der Waals surface area (Å²) in [4.78, 5) is 12.3. The molecule has 29 heavy (non-hydrogen) atoms. The van der Waals surface area contributed by atoms with Gasteiger partial charge in [-0.25, -0.2) is 0 Å². The summed E-state index contributed by atoms with van der Waals surface area (Å²) in [5.74, 6) is 1.22. The molecule has 2 aromatic carbocycles. The van der Waals surface area contributed by atoms with Gasteiger partial charge < -0.3 is 19.2 Å². The second-order valence-corrected chi connectivity index (χ2v) is 6.12. The average Bonchev–Trinajstić information content (AvgIpc) is 3.29.